The Morgan fingerprint density at radius 3 is 2.70 bits per heavy atom. The van der Waals surface area contributed by atoms with E-state index in [1.54, 1.807) is 20.3 Å². The summed E-state index contributed by atoms with van der Waals surface area (Å²) in [6, 6.07) is 8.10. The second kappa shape index (κ2) is 5.17. The third-order valence-corrected chi connectivity index (χ3v) is 5.17. The van der Waals surface area contributed by atoms with Crippen LogP contribution in [0, 0.1) is 0 Å². The minimum Gasteiger partial charge on any atom is -0.508 e. The molecule has 0 radical (unpaired) electrons. The van der Waals surface area contributed by atoms with Crippen LogP contribution in [-0.4, -0.2) is 37.8 Å². The van der Waals surface area contributed by atoms with E-state index in [1.165, 1.54) is 16.7 Å². The first-order valence-corrected chi connectivity index (χ1v) is 7.94. The highest BCUT2D eigenvalue weighted by Gasteiger charge is 2.36. The maximum absolute atomic E-state index is 9.98. The molecule has 23 heavy (non-hydrogen) atoms. The van der Waals surface area contributed by atoms with Gasteiger partial charge in [-0.05, 0) is 60.3 Å². The zero-order valence-corrected chi connectivity index (χ0v) is 13.7. The van der Waals surface area contributed by atoms with Crippen LogP contribution in [0.25, 0.3) is 11.1 Å². The van der Waals surface area contributed by atoms with Gasteiger partial charge in [0.05, 0.1) is 14.2 Å². The maximum Gasteiger partial charge on any atom is 0.168 e. The first-order valence-electron chi connectivity index (χ1n) is 7.94. The third-order valence-electron chi connectivity index (χ3n) is 5.17. The lowest BCUT2D eigenvalue weighted by atomic mass is 9.76. The van der Waals surface area contributed by atoms with Crippen molar-refractivity contribution in [1.29, 1.82) is 0 Å². The number of benzene rings is 2. The molecule has 4 heteroatoms. The van der Waals surface area contributed by atoms with Gasteiger partial charge >= 0.3 is 0 Å². The summed E-state index contributed by atoms with van der Waals surface area (Å²) in [5.74, 6) is 1.81. The number of nitrogens with zero attached hydrogens (tertiary/aromatic N) is 1. The van der Waals surface area contributed by atoms with Crippen molar-refractivity contribution < 1.29 is 14.6 Å². The van der Waals surface area contributed by atoms with Gasteiger partial charge in [0.1, 0.15) is 5.75 Å². The van der Waals surface area contributed by atoms with Gasteiger partial charge in [-0.25, -0.2) is 0 Å². The molecule has 2 aliphatic rings. The largest absolute Gasteiger partial charge is 0.508 e. The summed E-state index contributed by atoms with van der Waals surface area (Å²) in [5, 5.41) is 9.98. The molecule has 120 valence electrons. The number of rotatable bonds is 2. The molecule has 0 saturated heterocycles. The van der Waals surface area contributed by atoms with Gasteiger partial charge < -0.3 is 14.6 Å². The number of phenols is 1. The highest BCUT2D eigenvalue weighted by molar-refractivity contribution is 5.84. The molecule has 0 fully saturated rings. The number of ether oxygens (including phenoxy) is 2. The fourth-order valence-corrected chi connectivity index (χ4v) is 4.03. The number of fused-ring (bicyclic) bond motifs is 2. The summed E-state index contributed by atoms with van der Waals surface area (Å²) in [7, 11) is 5.54. The van der Waals surface area contributed by atoms with Crippen LogP contribution >= 0.6 is 0 Å². The van der Waals surface area contributed by atoms with Crippen LogP contribution in [-0.2, 0) is 12.8 Å². The van der Waals surface area contributed by atoms with Crippen molar-refractivity contribution in [2.24, 2.45) is 0 Å². The van der Waals surface area contributed by atoms with E-state index in [4.69, 9.17) is 9.47 Å². The van der Waals surface area contributed by atoms with Crippen molar-refractivity contribution in [2.75, 3.05) is 27.8 Å². The molecule has 0 spiro atoms. The van der Waals surface area contributed by atoms with Crippen LogP contribution in [0.4, 0.5) is 0 Å². The van der Waals surface area contributed by atoms with Crippen molar-refractivity contribution in [3.05, 3.63) is 41.0 Å². The Morgan fingerprint density at radius 2 is 1.96 bits per heavy atom. The molecule has 1 heterocycles. The molecular weight excluding hydrogens is 290 g/mol. The summed E-state index contributed by atoms with van der Waals surface area (Å²) < 4.78 is 11.3. The lowest BCUT2D eigenvalue weighted by molar-refractivity contribution is 0.226. The van der Waals surface area contributed by atoms with Crippen molar-refractivity contribution in [3.8, 4) is 28.4 Å². The van der Waals surface area contributed by atoms with Crippen LogP contribution < -0.4 is 9.47 Å². The molecular formula is C19H21NO3. The van der Waals surface area contributed by atoms with Crippen LogP contribution in [0.5, 0.6) is 17.2 Å². The summed E-state index contributed by atoms with van der Waals surface area (Å²) in [6.07, 6.45) is 1.96. The van der Waals surface area contributed by atoms with Gasteiger partial charge in [-0.1, -0.05) is 6.07 Å². The monoisotopic (exact) mass is 311 g/mol. The summed E-state index contributed by atoms with van der Waals surface area (Å²) >= 11 is 0. The Hall–Kier alpha value is -2.20. The van der Waals surface area contributed by atoms with Gasteiger partial charge in [0, 0.05) is 18.2 Å². The molecule has 1 atom stereocenters. The highest BCUT2D eigenvalue weighted by Crippen LogP contribution is 2.52. The predicted molar refractivity (Wildman–Crippen MR) is 89.4 cm³/mol. The average Bonchev–Trinajstić information content (AvgIpc) is 2.57. The number of hydrogen-bond acceptors (Lipinski definition) is 4. The molecule has 4 rings (SSSR count). The van der Waals surface area contributed by atoms with Crippen LogP contribution in [0.1, 0.15) is 22.7 Å². The Morgan fingerprint density at radius 1 is 1.13 bits per heavy atom. The standard InChI is InChI=1S/C19H21NO3/c1-20-7-6-12-9-16(22-2)19(23-3)18-14-10-13(21)5-4-11(14)8-15(20)17(12)18/h4-5,9-10,15,21H,6-8H2,1-3H3/t15-/m0/s1. The molecule has 0 bridgehead atoms. The molecule has 1 aliphatic heterocycles. The lowest BCUT2D eigenvalue weighted by Crippen LogP contribution is -2.35. The minimum atomic E-state index is 0.282. The van der Waals surface area contributed by atoms with Crippen molar-refractivity contribution >= 4 is 0 Å². The van der Waals surface area contributed by atoms with E-state index in [0.717, 1.165) is 42.0 Å². The molecule has 0 saturated carbocycles. The molecule has 0 unspecified atom stereocenters. The molecule has 2 aromatic carbocycles. The SMILES string of the molecule is COc1cc2c3c(c1OC)-c1cc(O)ccc1C[C@@H]3N(C)CC2. The number of likely N-dealkylation sites (N-methyl/N-ethyl adjacent to an activating group) is 1. The quantitative estimate of drug-likeness (QED) is 0.925. The van der Waals surface area contributed by atoms with E-state index in [-0.39, 0.29) is 5.75 Å². The van der Waals surface area contributed by atoms with Gasteiger partial charge in [-0.3, -0.25) is 4.90 Å². The smallest absolute Gasteiger partial charge is 0.168 e. The Kier molecular flexibility index (Phi) is 3.23. The second-order valence-electron chi connectivity index (χ2n) is 6.35. The Balaban J connectivity index is 2.09. The summed E-state index contributed by atoms with van der Waals surface area (Å²) in [5.41, 5.74) is 6.04. The predicted octanol–water partition coefficient (Wildman–Crippen LogP) is 3.16. The fourth-order valence-electron chi connectivity index (χ4n) is 4.03. The van der Waals surface area contributed by atoms with Gasteiger partial charge in [-0.15, -0.1) is 0 Å². The topological polar surface area (TPSA) is 41.9 Å². The second-order valence-corrected chi connectivity index (χ2v) is 6.35. The van der Waals surface area contributed by atoms with E-state index < -0.39 is 0 Å². The molecule has 2 aromatic rings. The van der Waals surface area contributed by atoms with Crippen LogP contribution in [0.15, 0.2) is 24.3 Å². The number of methoxy groups -OCH3 is 2. The van der Waals surface area contributed by atoms with Gasteiger partial charge in [0.15, 0.2) is 11.5 Å². The molecule has 1 aliphatic carbocycles. The van der Waals surface area contributed by atoms with E-state index in [2.05, 4.69) is 18.0 Å². The van der Waals surface area contributed by atoms with E-state index in [0.29, 0.717) is 6.04 Å². The van der Waals surface area contributed by atoms with Crippen LogP contribution in [0.2, 0.25) is 0 Å². The summed E-state index contributed by atoms with van der Waals surface area (Å²) in [6.45, 7) is 1.04. The van der Waals surface area contributed by atoms with E-state index in [9.17, 15) is 5.11 Å². The van der Waals surface area contributed by atoms with E-state index >= 15 is 0 Å². The zero-order valence-electron chi connectivity index (χ0n) is 13.7. The fraction of sp³-hybridized carbons (Fsp3) is 0.368. The van der Waals surface area contributed by atoms with Crippen molar-refractivity contribution in [2.45, 2.75) is 18.9 Å². The van der Waals surface area contributed by atoms with E-state index in [1.807, 2.05) is 12.1 Å². The molecule has 0 amide bonds. The molecule has 0 aromatic heterocycles. The zero-order chi connectivity index (χ0) is 16.1. The first-order chi connectivity index (χ1) is 11.1. The van der Waals surface area contributed by atoms with Gasteiger partial charge in [-0.2, -0.15) is 0 Å². The van der Waals surface area contributed by atoms with Crippen molar-refractivity contribution in [1.82, 2.24) is 4.90 Å². The molecule has 1 N–H and O–H groups in total. The average molecular weight is 311 g/mol. The molecule has 4 nitrogen and oxygen atoms in total. The summed E-state index contributed by atoms with van der Waals surface area (Å²) in [4.78, 5) is 2.41. The third kappa shape index (κ3) is 2.01. The first kappa shape index (κ1) is 14.4. The van der Waals surface area contributed by atoms with Gasteiger partial charge in [0.2, 0.25) is 0 Å². The minimum absolute atomic E-state index is 0.282. The highest BCUT2D eigenvalue weighted by atomic mass is 16.5. The number of aromatic hydroxyl groups is 1. The number of phenolic OH excluding ortho intramolecular Hbond substituents is 1. The Bertz CT molecular complexity index is 785. The van der Waals surface area contributed by atoms with Gasteiger partial charge in [0.25, 0.3) is 0 Å². The maximum atomic E-state index is 9.98. The lowest BCUT2D eigenvalue weighted by Gasteiger charge is -2.40. The van der Waals surface area contributed by atoms with Crippen molar-refractivity contribution in [3.63, 3.8) is 0 Å². The normalized spacial score (nSPS) is 19.0. The van der Waals surface area contributed by atoms with Crippen LogP contribution in [0.3, 0.4) is 0 Å². The Labute approximate surface area is 136 Å². The number of hydrogen-bond donors (Lipinski definition) is 1.